The standard InChI is InChI=1S/C19H23Cl2N3O4/c1-22(11-13-8-14(20)10-15(21)9-13)18(26)16-12-24(19(27)17(16)25)3-2-23-4-6-28-7-5-23/h8-10,12,25,27H,2-7,11H2,1H3. The second kappa shape index (κ2) is 9.05. The van der Waals surface area contributed by atoms with Gasteiger partial charge in [-0.1, -0.05) is 23.2 Å². The molecule has 0 spiro atoms. The van der Waals surface area contributed by atoms with Gasteiger partial charge in [-0.15, -0.1) is 0 Å². The Morgan fingerprint density at radius 3 is 2.43 bits per heavy atom. The molecule has 0 atom stereocenters. The molecule has 2 aromatic rings. The Bertz CT molecular complexity index is 830. The molecule has 1 aliphatic heterocycles. The third-order valence-corrected chi connectivity index (χ3v) is 5.14. The van der Waals surface area contributed by atoms with E-state index in [0.717, 1.165) is 18.7 Å². The molecule has 1 amide bonds. The smallest absolute Gasteiger partial charge is 0.259 e. The maximum atomic E-state index is 12.8. The molecule has 7 nitrogen and oxygen atoms in total. The number of ether oxygens (including phenoxy) is 1. The first-order chi connectivity index (χ1) is 13.3. The number of carbonyl (C=O) groups excluding carboxylic acids is 1. The van der Waals surface area contributed by atoms with E-state index >= 15 is 0 Å². The lowest BCUT2D eigenvalue weighted by atomic mass is 10.2. The van der Waals surface area contributed by atoms with E-state index < -0.39 is 11.7 Å². The number of hydrogen-bond acceptors (Lipinski definition) is 5. The van der Waals surface area contributed by atoms with Gasteiger partial charge >= 0.3 is 0 Å². The van der Waals surface area contributed by atoms with Crippen LogP contribution in [-0.2, 0) is 17.8 Å². The van der Waals surface area contributed by atoms with Crippen molar-refractivity contribution in [2.75, 3.05) is 39.9 Å². The van der Waals surface area contributed by atoms with Gasteiger partial charge in [-0.25, -0.2) is 0 Å². The first-order valence-corrected chi connectivity index (χ1v) is 9.72. The molecule has 2 N–H and O–H groups in total. The van der Waals surface area contributed by atoms with E-state index in [-0.39, 0.29) is 18.0 Å². The van der Waals surface area contributed by atoms with E-state index in [2.05, 4.69) is 4.90 Å². The maximum Gasteiger partial charge on any atom is 0.259 e. The van der Waals surface area contributed by atoms with Crippen molar-refractivity contribution >= 4 is 29.1 Å². The zero-order valence-corrected chi connectivity index (χ0v) is 17.1. The zero-order chi connectivity index (χ0) is 20.3. The first kappa shape index (κ1) is 20.8. The fourth-order valence-electron chi connectivity index (χ4n) is 3.19. The summed E-state index contributed by atoms with van der Waals surface area (Å²) in [6.07, 6.45) is 1.48. The summed E-state index contributed by atoms with van der Waals surface area (Å²) in [6.45, 7) is 4.43. The SMILES string of the molecule is CN(Cc1cc(Cl)cc(Cl)c1)C(=O)c1cn(CCN2CCOCC2)c(O)c1O. The van der Waals surface area contributed by atoms with Crippen molar-refractivity contribution in [2.24, 2.45) is 0 Å². The predicted molar refractivity (Wildman–Crippen MR) is 107 cm³/mol. The molecule has 0 bridgehead atoms. The molecule has 9 heteroatoms. The van der Waals surface area contributed by atoms with Gasteiger partial charge in [0.15, 0.2) is 5.75 Å². The summed E-state index contributed by atoms with van der Waals surface area (Å²) in [4.78, 5) is 16.4. The van der Waals surface area contributed by atoms with Crippen LogP contribution in [0.1, 0.15) is 15.9 Å². The first-order valence-electron chi connectivity index (χ1n) is 8.96. The molecule has 2 heterocycles. The molecule has 1 saturated heterocycles. The molecule has 0 saturated carbocycles. The van der Waals surface area contributed by atoms with Gasteiger partial charge in [-0.2, -0.15) is 0 Å². The fraction of sp³-hybridized carbons (Fsp3) is 0.421. The topological polar surface area (TPSA) is 78.2 Å². The van der Waals surface area contributed by atoms with Gasteiger partial charge in [0.05, 0.1) is 13.2 Å². The van der Waals surface area contributed by atoms with Crippen LogP contribution >= 0.6 is 23.2 Å². The highest BCUT2D eigenvalue weighted by atomic mass is 35.5. The van der Waals surface area contributed by atoms with Crippen molar-refractivity contribution in [3.8, 4) is 11.6 Å². The van der Waals surface area contributed by atoms with Crippen molar-refractivity contribution in [1.82, 2.24) is 14.4 Å². The van der Waals surface area contributed by atoms with Crippen molar-refractivity contribution in [3.05, 3.63) is 45.6 Å². The normalized spacial score (nSPS) is 15.0. The van der Waals surface area contributed by atoms with Crippen LogP contribution in [-0.4, -0.2) is 70.4 Å². The molecule has 1 aliphatic rings. The number of hydrogen-bond donors (Lipinski definition) is 2. The lowest BCUT2D eigenvalue weighted by Gasteiger charge is -2.26. The molecule has 1 fully saturated rings. The van der Waals surface area contributed by atoms with Crippen LogP contribution in [0.4, 0.5) is 0 Å². The third-order valence-electron chi connectivity index (χ3n) is 4.70. The molecule has 1 aromatic heterocycles. The van der Waals surface area contributed by atoms with E-state index in [1.807, 2.05) is 0 Å². The van der Waals surface area contributed by atoms with E-state index in [1.54, 1.807) is 25.2 Å². The number of nitrogens with zero attached hydrogens (tertiary/aromatic N) is 3. The summed E-state index contributed by atoms with van der Waals surface area (Å²) in [5, 5.41) is 21.4. The Labute approximate surface area is 173 Å². The Morgan fingerprint density at radius 2 is 1.79 bits per heavy atom. The second-order valence-electron chi connectivity index (χ2n) is 6.80. The van der Waals surface area contributed by atoms with Crippen LogP contribution in [0, 0.1) is 0 Å². The third kappa shape index (κ3) is 4.91. The highest BCUT2D eigenvalue weighted by Crippen LogP contribution is 2.32. The van der Waals surface area contributed by atoms with E-state index in [1.165, 1.54) is 15.7 Å². The zero-order valence-electron chi connectivity index (χ0n) is 15.6. The lowest BCUT2D eigenvalue weighted by Crippen LogP contribution is -2.38. The number of aromatic hydroxyl groups is 2. The molecular formula is C19H23Cl2N3O4. The molecule has 0 radical (unpaired) electrons. The number of morpholine rings is 1. The summed E-state index contributed by atoms with van der Waals surface area (Å²) in [5.41, 5.74) is 0.818. The lowest BCUT2D eigenvalue weighted by molar-refractivity contribution is 0.0361. The molecule has 3 rings (SSSR count). The van der Waals surface area contributed by atoms with Crippen LogP contribution in [0.3, 0.4) is 0 Å². The van der Waals surface area contributed by atoms with Crippen molar-refractivity contribution in [3.63, 3.8) is 0 Å². The minimum absolute atomic E-state index is 0.0510. The Morgan fingerprint density at radius 1 is 1.14 bits per heavy atom. The second-order valence-corrected chi connectivity index (χ2v) is 7.67. The average Bonchev–Trinajstić information content (AvgIpc) is 2.94. The quantitative estimate of drug-likeness (QED) is 0.740. The largest absolute Gasteiger partial charge is 0.503 e. The number of benzene rings is 1. The van der Waals surface area contributed by atoms with Crippen LogP contribution in [0.25, 0.3) is 0 Å². The molecule has 152 valence electrons. The summed E-state index contributed by atoms with van der Waals surface area (Å²) in [5.74, 6) is -1.13. The van der Waals surface area contributed by atoms with Gasteiger partial charge in [0.1, 0.15) is 5.56 Å². The monoisotopic (exact) mass is 427 g/mol. The highest BCUT2D eigenvalue weighted by Gasteiger charge is 2.23. The van der Waals surface area contributed by atoms with Gasteiger partial charge in [-0.3, -0.25) is 9.69 Å². The van der Waals surface area contributed by atoms with Crippen molar-refractivity contribution < 1.29 is 19.7 Å². The van der Waals surface area contributed by atoms with Gasteiger partial charge in [-0.05, 0) is 23.8 Å². The highest BCUT2D eigenvalue weighted by molar-refractivity contribution is 6.34. The Balaban J connectivity index is 1.68. The molecule has 0 aliphatic carbocycles. The van der Waals surface area contributed by atoms with Crippen LogP contribution in [0.15, 0.2) is 24.4 Å². The van der Waals surface area contributed by atoms with Gasteiger partial charge in [0.25, 0.3) is 5.91 Å². The van der Waals surface area contributed by atoms with E-state index in [4.69, 9.17) is 27.9 Å². The van der Waals surface area contributed by atoms with E-state index in [9.17, 15) is 15.0 Å². The summed E-state index contributed by atoms with van der Waals surface area (Å²) >= 11 is 12.0. The summed E-state index contributed by atoms with van der Waals surface area (Å²) in [6, 6.07) is 5.07. The number of carbonyl (C=O) groups is 1. The molecule has 28 heavy (non-hydrogen) atoms. The molecule has 0 unspecified atom stereocenters. The number of halogens is 2. The average molecular weight is 428 g/mol. The van der Waals surface area contributed by atoms with Gasteiger partial charge in [0.2, 0.25) is 5.88 Å². The predicted octanol–water partition coefficient (Wildman–Crippen LogP) is 2.81. The summed E-state index contributed by atoms with van der Waals surface area (Å²) in [7, 11) is 1.61. The summed E-state index contributed by atoms with van der Waals surface area (Å²) < 4.78 is 6.80. The minimum Gasteiger partial charge on any atom is -0.503 e. The minimum atomic E-state index is -0.414. The number of aromatic nitrogens is 1. The molecule has 1 aromatic carbocycles. The number of rotatable bonds is 6. The van der Waals surface area contributed by atoms with Gasteiger partial charge in [0, 0.05) is 56.0 Å². The van der Waals surface area contributed by atoms with Crippen molar-refractivity contribution in [2.45, 2.75) is 13.1 Å². The van der Waals surface area contributed by atoms with Gasteiger partial charge < -0.3 is 24.4 Å². The Kier molecular flexibility index (Phi) is 6.72. The maximum absolute atomic E-state index is 12.8. The van der Waals surface area contributed by atoms with E-state index in [0.29, 0.717) is 36.3 Å². The Hall–Kier alpha value is -1.93. The molecular weight excluding hydrogens is 405 g/mol. The fourth-order valence-corrected chi connectivity index (χ4v) is 3.76. The van der Waals surface area contributed by atoms with Crippen LogP contribution in [0.2, 0.25) is 10.0 Å². The van der Waals surface area contributed by atoms with Crippen LogP contribution in [0.5, 0.6) is 11.6 Å². The van der Waals surface area contributed by atoms with Crippen molar-refractivity contribution in [1.29, 1.82) is 0 Å². The number of amides is 1. The van der Waals surface area contributed by atoms with Crippen LogP contribution < -0.4 is 0 Å².